The van der Waals surface area contributed by atoms with E-state index >= 15 is 0 Å². The van der Waals surface area contributed by atoms with Gasteiger partial charge in [-0.3, -0.25) is 20.4 Å². The molecule has 0 saturated heterocycles. The zero-order valence-corrected chi connectivity index (χ0v) is 16.4. The first-order valence-corrected chi connectivity index (χ1v) is 9.25. The van der Waals surface area contributed by atoms with Gasteiger partial charge in [0.2, 0.25) is 0 Å². The summed E-state index contributed by atoms with van der Waals surface area (Å²) in [5.41, 5.74) is 7.37. The van der Waals surface area contributed by atoms with Crippen LogP contribution in [0.3, 0.4) is 0 Å². The molecule has 1 heterocycles. The fourth-order valence-corrected chi connectivity index (χ4v) is 3.24. The summed E-state index contributed by atoms with van der Waals surface area (Å²) in [6, 6.07) is 12.6. The maximum Gasteiger partial charge on any atom is 0.289 e. The van der Waals surface area contributed by atoms with Crippen LogP contribution in [0.5, 0.6) is 11.5 Å². The van der Waals surface area contributed by atoms with Crippen LogP contribution in [0.2, 0.25) is 0 Å². The van der Waals surface area contributed by atoms with E-state index in [9.17, 15) is 9.59 Å². The van der Waals surface area contributed by atoms with Crippen molar-refractivity contribution in [3.63, 3.8) is 0 Å². The molecule has 0 aliphatic carbocycles. The van der Waals surface area contributed by atoms with E-state index in [0.29, 0.717) is 17.1 Å². The first kappa shape index (κ1) is 19.4. The maximum absolute atomic E-state index is 12.3. The van der Waals surface area contributed by atoms with Gasteiger partial charge in [-0.1, -0.05) is 29.8 Å². The number of hydrogen-bond donors (Lipinski definition) is 2. The number of benzene rings is 2. The zero-order chi connectivity index (χ0) is 20.1. The van der Waals surface area contributed by atoms with E-state index in [1.807, 2.05) is 31.2 Å². The molecule has 144 valence electrons. The number of ether oxygens (including phenoxy) is 2. The van der Waals surface area contributed by atoms with E-state index in [1.165, 1.54) is 31.6 Å². The SMILES string of the molecule is COc1ccc(C(=O)NNC(=O)c2csc(-c3ccc(C)cc3)n2)cc1OC. The number of aryl methyl sites for hydroxylation is 1. The van der Waals surface area contributed by atoms with Crippen molar-refractivity contribution in [2.24, 2.45) is 0 Å². The lowest BCUT2D eigenvalue weighted by atomic mass is 10.2. The van der Waals surface area contributed by atoms with Crippen LogP contribution in [0.4, 0.5) is 0 Å². The van der Waals surface area contributed by atoms with Gasteiger partial charge in [0.1, 0.15) is 10.7 Å². The first-order valence-electron chi connectivity index (χ1n) is 8.37. The molecule has 3 rings (SSSR count). The minimum absolute atomic E-state index is 0.230. The average Bonchev–Trinajstić information content (AvgIpc) is 3.22. The zero-order valence-electron chi connectivity index (χ0n) is 15.6. The van der Waals surface area contributed by atoms with Gasteiger partial charge >= 0.3 is 0 Å². The highest BCUT2D eigenvalue weighted by Gasteiger charge is 2.15. The summed E-state index contributed by atoms with van der Waals surface area (Å²) in [7, 11) is 2.99. The molecule has 0 radical (unpaired) electrons. The van der Waals surface area contributed by atoms with Gasteiger partial charge in [0.25, 0.3) is 11.8 Å². The van der Waals surface area contributed by atoms with Crippen molar-refractivity contribution in [2.75, 3.05) is 14.2 Å². The Kier molecular flexibility index (Phi) is 5.90. The number of aromatic nitrogens is 1. The lowest BCUT2D eigenvalue weighted by Gasteiger charge is -2.10. The second kappa shape index (κ2) is 8.53. The van der Waals surface area contributed by atoms with Gasteiger partial charge in [-0.25, -0.2) is 4.98 Å². The van der Waals surface area contributed by atoms with E-state index in [2.05, 4.69) is 15.8 Å². The third-order valence-electron chi connectivity index (χ3n) is 3.97. The molecule has 7 nitrogen and oxygen atoms in total. The van der Waals surface area contributed by atoms with Gasteiger partial charge in [-0.15, -0.1) is 11.3 Å². The Morgan fingerprint density at radius 2 is 1.61 bits per heavy atom. The van der Waals surface area contributed by atoms with Crippen molar-refractivity contribution < 1.29 is 19.1 Å². The molecular weight excluding hydrogens is 378 g/mol. The summed E-state index contributed by atoms with van der Waals surface area (Å²) in [5.74, 6) is -0.0513. The smallest absolute Gasteiger partial charge is 0.289 e. The third-order valence-corrected chi connectivity index (χ3v) is 4.86. The lowest BCUT2D eigenvalue weighted by Crippen LogP contribution is -2.41. The molecule has 28 heavy (non-hydrogen) atoms. The number of carbonyl (C=O) groups is 2. The van der Waals surface area contributed by atoms with Gasteiger partial charge < -0.3 is 9.47 Å². The molecule has 1 aromatic heterocycles. The fraction of sp³-hybridized carbons (Fsp3) is 0.150. The van der Waals surface area contributed by atoms with Crippen LogP contribution < -0.4 is 20.3 Å². The highest BCUT2D eigenvalue weighted by molar-refractivity contribution is 7.13. The van der Waals surface area contributed by atoms with E-state index in [-0.39, 0.29) is 5.69 Å². The van der Waals surface area contributed by atoms with Gasteiger partial charge in [-0.05, 0) is 25.1 Å². The molecule has 2 amide bonds. The van der Waals surface area contributed by atoms with Gasteiger partial charge in [-0.2, -0.15) is 0 Å². The molecule has 0 bridgehead atoms. The molecule has 3 aromatic rings. The summed E-state index contributed by atoms with van der Waals surface area (Å²) < 4.78 is 10.3. The normalized spacial score (nSPS) is 10.2. The number of rotatable bonds is 5. The van der Waals surface area contributed by atoms with Gasteiger partial charge in [0.15, 0.2) is 11.5 Å². The number of nitrogens with one attached hydrogen (secondary N) is 2. The number of nitrogens with zero attached hydrogens (tertiary/aromatic N) is 1. The van der Waals surface area contributed by atoms with E-state index in [0.717, 1.165) is 16.1 Å². The van der Waals surface area contributed by atoms with Crippen LogP contribution in [0.15, 0.2) is 47.8 Å². The summed E-state index contributed by atoms with van der Waals surface area (Å²) in [5, 5.41) is 2.38. The Morgan fingerprint density at radius 1 is 0.929 bits per heavy atom. The molecule has 0 atom stereocenters. The van der Waals surface area contributed by atoms with Crippen LogP contribution in [0.1, 0.15) is 26.4 Å². The molecule has 0 unspecified atom stereocenters. The summed E-state index contributed by atoms with van der Waals surface area (Å²) in [4.78, 5) is 28.9. The number of carbonyl (C=O) groups excluding carboxylic acids is 2. The Balaban J connectivity index is 1.64. The van der Waals surface area contributed by atoms with E-state index in [1.54, 1.807) is 17.5 Å². The number of hydrazine groups is 1. The van der Waals surface area contributed by atoms with Crippen LogP contribution in [0.25, 0.3) is 10.6 Å². The summed E-state index contributed by atoms with van der Waals surface area (Å²) in [6.07, 6.45) is 0. The van der Waals surface area contributed by atoms with Crippen LogP contribution >= 0.6 is 11.3 Å². The largest absolute Gasteiger partial charge is 0.493 e. The van der Waals surface area contributed by atoms with E-state index < -0.39 is 11.8 Å². The highest BCUT2D eigenvalue weighted by atomic mass is 32.1. The molecule has 8 heteroatoms. The minimum atomic E-state index is -0.497. The van der Waals surface area contributed by atoms with Crippen LogP contribution in [-0.2, 0) is 0 Å². The van der Waals surface area contributed by atoms with Crippen molar-refractivity contribution in [3.05, 3.63) is 64.7 Å². The molecule has 0 spiro atoms. The molecular formula is C20H19N3O4S. The van der Waals surface area contributed by atoms with Crippen molar-refractivity contribution in [1.82, 2.24) is 15.8 Å². The second-order valence-corrected chi connectivity index (χ2v) is 6.74. The summed E-state index contributed by atoms with van der Waals surface area (Å²) >= 11 is 1.36. The van der Waals surface area contributed by atoms with Crippen molar-refractivity contribution in [3.8, 4) is 22.1 Å². The van der Waals surface area contributed by atoms with Crippen LogP contribution in [-0.4, -0.2) is 31.0 Å². The molecule has 0 aliphatic rings. The molecule has 0 saturated carbocycles. The van der Waals surface area contributed by atoms with Crippen LogP contribution in [0, 0.1) is 6.92 Å². The molecule has 2 N–H and O–H groups in total. The minimum Gasteiger partial charge on any atom is -0.493 e. The first-order chi connectivity index (χ1) is 13.5. The predicted octanol–water partition coefficient (Wildman–Crippen LogP) is 3.21. The van der Waals surface area contributed by atoms with Crippen molar-refractivity contribution >= 4 is 23.2 Å². The maximum atomic E-state index is 12.3. The second-order valence-electron chi connectivity index (χ2n) is 5.88. The van der Waals surface area contributed by atoms with E-state index in [4.69, 9.17) is 9.47 Å². The Labute approximate surface area is 166 Å². The van der Waals surface area contributed by atoms with Gasteiger partial charge in [0.05, 0.1) is 14.2 Å². The predicted molar refractivity (Wildman–Crippen MR) is 107 cm³/mol. The average molecular weight is 397 g/mol. The Hall–Kier alpha value is -3.39. The monoisotopic (exact) mass is 397 g/mol. The highest BCUT2D eigenvalue weighted by Crippen LogP contribution is 2.27. The standard InChI is InChI=1S/C20H19N3O4S/c1-12-4-6-13(7-5-12)20-21-15(11-28-20)19(25)23-22-18(24)14-8-9-16(26-2)17(10-14)27-3/h4-11H,1-3H3,(H,22,24)(H,23,25). The topological polar surface area (TPSA) is 89.6 Å². The Morgan fingerprint density at radius 3 is 2.29 bits per heavy atom. The number of amides is 2. The quantitative estimate of drug-likeness (QED) is 0.646. The molecule has 0 fully saturated rings. The number of methoxy groups -OCH3 is 2. The van der Waals surface area contributed by atoms with Crippen molar-refractivity contribution in [2.45, 2.75) is 6.92 Å². The molecule has 2 aromatic carbocycles. The third kappa shape index (κ3) is 4.29. The lowest BCUT2D eigenvalue weighted by molar-refractivity contribution is 0.0844. The van der Waals surface area contributed by atoms with Gasteiger partial charge in [0, 0.05) is 16.5 Å². The Bertz CT molecular complexity index is 999. The van der Waals surface area contributed by atoms with Crippen molar-refractivity contribution in [1.29, 1.82) is 0 Å². The number of thiazole rings is 1. The summed E-state index contributed by atoms with van der Waals surface area (Å²) in [6.45, 7) is 2.01. The fourth-order valence-electron chi connectivity index (χ4n) is 2.43. The molecule has 0 aliphatic heterocycles. The number of hydrogen-bond acceptors (Lipinski definition) is 6.